The van der Waals surface area contributed by atoms with Crippen LogP contribution in [-0.2, 0) is 0 Å². The van der Waals surface area contributed by atoms with Crippen molar-refractivity contribution in [2.45, 2.75) is 26.8 Å². The molecule has 5 nitrogen and oxygen atoms in total. The average molecular weight is 381 g/mol. The molecule has 0 radical (unpaired) electrons. The molecule has 3 rings (SSSR count). The number of benzene rings is 2. The molecule has 0 aliphatic rings. The first-order chi connectivity index (χ1) is 12.9. The van der Waals surface area contributed by atoms with Gasteiger partial charge in [0.15, 0.2) is 0 Å². The molecular formula is C21H21ClN4O. The zero-order valence-corrected chi connectivity index (χ0v) is 16.2. The normalized spacial score (nSPS) is 11.7. The van der Waals surface area contributed by atoms with E-state index < -0.39 is 0 Å². The predicted molar refractivity (Wildman–Crippen MR) is 109 cm³/mol. The number of hydrogen-bond acceptors (Lipinski definition) is 4. The summed E-state index contributed by atoms with van der Waals surface area (Å²) in [4.78, 5) is 21.6. The van der Waals surface area contributed by atoms with Gasteiger partial charge in [-0.25, -0.2) is 9.97 Å². The van der Waals surface area contributed by atoms with Crippen LogP contribution in [0.4, 0.5) is 11.6 Å². The Bertz CT molecular complexity index is 936. The quantitative estimate of drug-likeness (QED) is 0.655. The van der Waals surface area contributed by atoms with Crippen LogP contribution < -0.4 is 10.6 Å². The molecule has 3 aromatic rings. The molecule has 6 heteroatoms. The predicted octanol–water partition coefficient (Wildman–Crippen LogP) is 4.98. The van der Waals surface area contributed by atoms with Crippen molar-refractivity contribution in [3.63, 3.8) is 0 Å². The third kappa shape index (κ3) is 4.83. The van der Waals surface area contributed by atoms with Crippen molar-refractivity contribution in [2.75, 3.05) is 5.32 Å². The Morgan fingerprint density at radius 1 is 1.00 bits per heavy atom. The standard InChI is InChI=1S/C21H21ClN4O/c1-13-12-14(2)24-21(23-13)26-19-7-5-4-6-18(19)20(27)25-15(3)16-8-10-17(22)11-9-16/h4-12,15H,1-3H3,(H,25,27)(H,23,24,26). The molecule has 1 unspecified atom stereocenters. The molecule has 0 saturated heterocycles. The molecule has 1 atom stereocenters. The number of carbonyl (C=O) groups excluding carboxylic acids is 1. The van der Waals surface area contributed by atoms with Crippen LogP contribution in [0.5, 0.6) is 0 Å². The molecular weight excluding hydrogens is 360 g/mol. The highest BCUT2D eigenvalue weighted by Crippen LogP contribution is 2.21. The van der Waals surface area contributed by atoms with Gasteiger partial charge in [0.1, 0.15) is 0 Å². The SMILES string of the molecule is Cc1cc(C)nc(Nc2ccccc2C(=O)NC(C)c2ccc(Cl)cc2)n1. The molecule has 2 aromatic carbocycles. The van der Waals surface area contributed by atoms with Gasteiger partial charge in [0, 0.05) is 16.4 Å². The summed E-state index contributed by atoms with van der Waals surface area (Å²) in [7, 11) is 0. The van der Waals surface area contributed by atoms with E-state index in [0.717, 1.165) is 17.0 Å². The average Bonchev–Trinajstić information content (AvgIpc) is 2.61. The van der Waals surface area contributed by atoms with Crippen molar-refractivity contribution in [3.8, 4) is 0 Å². The molecule has 0 spiro atoms. The van der Waals surface area contributed by atoms with Gasteiger partial charge in [-0.3, -0.25) is 4.79 Å². The molecule has 27 heavy (non-hydrogen) atoms. The zero-order chi connectivity index (χ0) is 19.4. The van der Waals surface area contributed by atoms with Crippen molar-refractivity contribution in [2.24, 2.45) is 0 Å². The summed E-state index contributed by atoms with van der Waals surface area (Å²) < 4.78 is 0. The fourth-order valence-corrected chi connectivity index (χ4v) is 2.93. The summed E-state index contributed by atoms with van der Waals surface area (Å²) in [5.41, 5.74) is 3.90. The monoisotopic (exact) mass is 380 g/mol. The summed E-state index contributed by atoms with van der Waals surface area (Å²) in [6.45, 7) is 5.75. The summed E-state index contributed by atoms with van der Waals surface area (Å²) in [6, 6.07) is 16.5. The van der Waals surface area contributed by atoms with Crippen LogP contribution in [0.1, 0.15) is 40.3 Å². The summed E-state index contributed by atoms with van der Waals surface area (Å²) in [5.74, 6) is 0.295. The molecule has 2 N–H and O–H groups in total. The number of nitrogens with zero attached hydrogens (tertiary/aromatic N) is 2. The Morgan fingerprint density at radius 2 is 1.63 bits per heavy atom. The van der Waals surface area contributed by atoms with Crippen molar-refractivity contribution in [1.29, 1.82) is 0 Å². The van der Waals surface area contributed by atoms with Crippen molar-refractivity contribution in [3.05, 3.63) is 82.1 Å². The maximum Gasteiger partial charge on any atom is 0.253 e. The highest BCUT2D eigenvalue weighted by atomic mass is 35.5. The largest absolute Gasteiger partial charge is 0.345 e. The first kappa shape index (κ1) is 18.9. The molecule has 0 aliphatic heterocycles. The van der Waals surface area contributed by atoms with E-state index in [9.17, 15) is 4.79 Å². The van der Waals surface area contributed by atoms with Gasteiger partial charge in [-0.05, 0) is 56.7 Å². The number of hydrogen-bond donors (Lipinski definition) is 2. The first-order valence-electron chi connectivity index (χ1n) is 8.67. The van der Waals surface area contributed by atoms with E-state index in [4.69, 9.17) is 11.6 Å². The lowest BCUT2D eigenvalue weighted by Gasteiger charge is -2.16. The van der Waals surface area contributed by atoms with Crippen molar-refractivity contribution < 1.29 is 4.79 Å². The number of carbonyl (C=O) groups is 1. The number of rotatable bonds is 5. The second-order valence-electron chi connectivity index (χ2n) is 6.39. The molecule has 0 saturated carbocycles. The second-order valence-corrected chi connectivity index (χ2v) is 6.83. The maximum absolute atomic E-state index is 12.8. The van der Waals surface area contributed by atoms with Gasteiger partial charge in [-0.15, -0.1) is 0 Å². The fraction of sp³-hybridized carbons (Fsp3) is 0.190. The van der Waals surface area contributed by atoms with Crippen LogP contribution in [-0.4, -0.2) is 15.9 Å². The summed E-state index contributed by atoms with van der Waals surface area (Å²) in [6.07, 6.45) is 0. The third-order valence-corrected chi connectivity index (χ3v) is 4.37. The van der Waals surface area contributed by atoms with Crippen molar-refractivity contribution in [1.82, 2.24) is 15.3 Å². The van der Waals surface area contributed by atoms with E-state index in [-0.39, 0.29) is 11.9 Å². The smallest absolute Gasteiger partial charge is 0.253 e. The molecule has 138 valence electrons. The van der Waals surface area contributed by atoms with E-state index in [1.54, 1.807) is 6.07 Å². The van der Waals surface area contributed by atoms with Gasteiger partial charge in [-0.2, -0.15) is 0 Å². The summed E-state index contributed by atoms with van der Waals surface area (Å²) in [5, 5.41) is 6.84. The minimum atomic E-state index is -0.176. The first-order valence-corrected chi connectivity index (χ1v) is 9.05. The Hall–Kier alpha value is -2.92. The van der Waals surface area contributed by atoms with E-state index in [2.05, 4.69) is 20.6 Å². The van der Waals surface area contributed by atoms with Gasteiger partial charge in [0.05, 0.1) is 17.3 Å². The van der Waals surface area contributed by atoms with E-state index >= 15 is 0 Å². The number of halogens is 1. The van der Waals surface area contributed by atoms with Crippen LogP contribution in [0.3, 0.4) is 0 Å². The van der Waals surface area contributed by atoms with Gasteiger partial charge >= 0.3 is 0 Å². The van der Waals surface area contributed by atoms with Crippen LogP contribution in [0, 0.1) is 13.8 Å². The minimum absolute atomic E-state index is 0.153. The molecule has 0 fully saturated rings. The minimum Gasteiger partial charge on any atom is -0.345 e. The van der Waals surface area contributed by atoms with Gasteiger partial charge in [-0.1, -0.05) is 35.9 Å². The lowest BCUT2D eigenvalue weighted by molar-refractivity contribution is 0.0940. The van der Waals surface area contributed by atoms with E-state index in [0.29, 0.717) is 22.2 Å². The molecule has 0 bridgehead atoms. The number of nitrogens with one attached hydrogen (secondary N) is 2. The fourth-order valence-electron chi connectivity index (χ4n) is 2.80. The topological polar surface area (TPSA) is 66.9 Å². The lowest BCUT2D eigenvalue weighted by Crippen LogP contribution is -2.27. The van der Waals surface area contributed by atoms with E-state index in [1.165, 1.54) is 0 Å². The third-order valence-electron chi connectivity index (χ3n) is 4.12. The maximum atomic E-state index is 12.8. The van der Waals surface area contributed by atoms with Gasteiger partial charge < -0.3 is 10.6 Å². The van der Waals surface area contributed by atoms with Crippen LogP contribution >= 0.6 is 11.6 Å². The Morgan fingerprint density at radius 3 is 2.30 bits per heavy atom. The van der Waals surface area contributed by atoms with Crippen LogP contribution in [0.25, 0.3) is 0 Å². The molecule has 1 heterocycles. The van der Waals surface area contributed by atoms with Crippen molar-refractivity contribution >= 4 is 29.1 Å². The number of aryl methyl sites for hydroxylation is 2. The Balaban J connectivity index is 1.80. The Kier molecular flexibility index (Phi) is 5.72. The van der Waals surface area contributed by atoms with Gasteiger partial charge in [0.25, 0.3) is 5.91 Å². The Labute approximate surface area is 163 Å². The van der Waals surface area contributed by atoms with E-state index in [1.807, 2.05) is 69.3 Å². The number of anilines is 2. The second kappa shape index (κ2) is 8.18. The van der Waals surface area contributed by atoms with Gasteiger partial charge in [0.2, 0.25) is 5.95 Å². The lowest BCUT2D eigenvalue weighted by atomic mass is 10.1. The summed E-state index contributed by atoms with van der Waals surface area (Å²) >= 11 is 5.93. The number of amides is 1. The van der Waals surface area contributed by atoms with Crippen LogP contribution in [0.15, 0.2) is 54.6 Å². The highest BCUT2D eigenvalue weighted by Gasteiger charge is 2.15. The molecule has 1 aromatic heterocycles. The number of para-hydroxylation sites is 1. The molecule has 1 amide bonds. The highest BCUT2D eigenvalue weighted by molar-refractivity contribution is 6.30. The van der Waals surface area contributed by atoms with Crippen LogP contribution in [0.2, 0.25) is 5.02 Å². The molecule has 0 aliphatic carbocycles. The number of aromatic nitrogens is 2. The zero-order valence-electron chi connectivity index (χ0n) is 15.5.